The second-order valence-corrected chi connectivity index (χ2v) is 10.2. The molecule has 5 rings (SSSR count). The summed E-state index contributed by atoms with van der Waals surface area (Å²) in [5.74, 6) is 0.0489. The number of carbonyl (C=O) groups excluding carboxylic acids is 2. The van der Waals surface area contributed by atoms with E-state index in [1.165, 1.54) is 4.90 Å². The fourth-order valence-electron chi connectivity index (χ4n) is 5.29. The van der Waals surface area contributed by atoms with E-state index >= 15 is 0 Å². The molecule has 1 aromatic heterocycles. The number of likely N-dealkylation sites (tertiary alicyclic amines) is 1. The lowest BCUT2D eigenvalue weighted by Crippen LogP contribution is -2.36. The van der Waals surface area contributed by atoms with Crippen molar-refractivity contribution < 1.29 is 38.2 Å². The van der Waals surface area contributed by atoms with Crippen LogP contribution < -0.4 is 28.6 Å². The highest BCUT2D eigenvalue weighted by molar-refractivity contribution is 6.46. The maximum Gasteiger partial charge on any atom is 0.295 e. The summed E-state index contributed by atoms with van der Waals surface area (Å²) in [5, 5.41) is 14.0. The first kappa shape index (κ1) is 29.0. The monoisotopic (exact) mass is 575 g/mol. The van der Waals surface area contributed by atoms with Crippen LogP contribution >= 0.6 is 0 Å². The molecular weight excluding hydrogens is 538 g/mol. The van der Waals surface area contributed by atoms with Gasteiger partial charge in [0.05, 0.1) is 25.8 Å². The summed E-state index contributed by atoms with van der Waals surface area (Å²) in [5.41, 5.74) is 0.768. The number of nitrogens with zero attached hydrogens (tertiary/aromatic N) is 2. The van der Waals surface area contributed by atoms with Crippen LogP contribution in [0.25, 0.3) is 5.76 Å². The van der Waals surface area contributed by atoms with Gasteiger partial charge in [0.2, 0.25) is 12.1 Å². The minimum absolute atomic E-state index is 0.0926. The number of aryl methyl sites for hydroxylation is 1. The SMILES string of the molecule is CCCCCOc1ccc(C2C(=C([O-])c3ccc4c(c3)OCCO4)C(=O)C(=O)N2CCC[n+]2cc[nH]c2)cc1OCC. The largest absolute Gasteiger partial charge is 0.872 e. The van der Waals surface area contributed by atoms with Crippen molar-refractivity contribution in [2.24, 2.45) is 0 Å². The lowest BCUT2D eigenvalue weighted by atomic mass is 9.94. The standard InChI is InChI=1S/C32H37N3O7/c1-3-5-6-16-40-24-10-8-22(19-26(24)39-4-2)29-28(30(36)23-9-11-25-27(20-23)42-18-17-41-25)31(37)32(38)35(29)14-7-13-34-15-12-33-21-34/h8-12,15,19-21,29H,3-7,13-14,16-18H2,1-2H3,(H,36,37). The van der Waals surface area contributed by atoms with Crippen LogP contribution in [0.3, 0.4) is 0 Å². The van der Waals surface area contributed by atoms with Gasteiger partial charge < -0.3 is 29.0 Å². The van der Waals surface area contributed by atoms with Crippen molar-refractivity contribution in [1.82, 2.24) is 9.88 Å². The molecule has 0 radical (unpaired) electrons. The normalized spacial score (nSPS) is 17.5. The molecular formula is C32H37N3O7. The Morgan fingerprint density at radius 1 is 1.02 bits per heavy atom. The third-order valence-electron chi connectivity index (χ3n) is 7.34. The van der Waals surface area contributed by atoms with Crippen LogP contribution in [0, 0.1) is 0 Å². The van der Waals surface area contributed by atoms with Crippen molar-refractivity contribution >= 4 is 17.4 Å². The Hall–Kier alpha value is -4.47. The molecule has 10 heteroatoms. The summed E-state index contributed by atoms with van der Waals surface area (Å²) < 4.78 is 25.1. The molecule has 1 amide bonds. The number of unbranched alkanes of at least 4 members (excludes halogenated alkanes) is 2. The van der Waals surface area contributed by atoms with E-state index in [1.54, 1.807) is 36.4 Å². The summed E-state index contributed by atoms with van der Waals surface area (Å²) in [7, 11) is 0. The molecule has 2 aromatic carbocycles. The molecule has 2 aliphatic rings. The van der Waals surface area contributed by atoms with Crippen molar-refractivity contribution in [3.05, 3.63) is 71.8 Å². The Morgan fingerprint density at radius 2 is 1.86 bits per heavy atom. The van der Waals surface area contributed by atoms with E-state index in [-0.39, 0.29) is 17.7 Å². The number of aromatic amines is 1. The molecule has 3 heterocycles. The predicted molar refractivity (Wildman–Crippen MR) is 152 cm³/mol. The van der Waals surface area contributed by atoms with Crippen LogP contribution in [-0.2, 0) is 16.1 Å². The van der Waals surface area contributed by atoms with Crippen molar-refractivity contribution in [3.63, 3.8) is 0 Å². The number of Topliss-reactive ketones (excluding diaryl/α,β-unsaturated/α-hetero) is 1. The molecule has 222 valence electrons. The summed E-state index contributed by atoms with van der Waals surface area (Å²) >= 11 is 0. The van der Waals surface area contributed by atoms with Crippen molar-refractivity contribution in [3.8, 4) is 23.0 Å². The van der Waals surface area contributed by atoms with Crippen LogP contribution in [0.1, 0.15) is 56.7 Å². The van der Waals surface area contributed by atoms with Crippen LogP contribution in [0.4, 0.5) is 0 Å². The van der Waals surface area contributed by atoms with Gasteiger partial charge in [0.15, 0.2) is 23.0 Å². The summed E-state index contributed by atoms with van der Waals surface area (Å²) in [4.78, 5) is 31.4. The highest BCUT2D eigenvalue weighted by Crippen LogP contribution is 2.42. The van der Waals surface area contributed by atoms with Gasteiger partial charge in [-0.2, -0.15) is 0 Å². The zero-order valence-corrected chi connectivity index (χ0v) is 24.1. The Bertz CT molecular complexity index is 1430. The number of hydrogen-bond donors (Lipinski definition) is 1. The Labute approximate surface area is 245 Å². The van der Waals surface area contributed by atoms with E-state index in [1.807, 2.05) is 30.2 Å². The third-order valence-corrected chi connectivity index (χ3v) is 7.34. The second kappa shape index (κ2) is 13.5. The minimum atomic E-state index is -0.879. The molecule has 42 heavy (non-hydrogen) atoms. The smallest absolute Gasteiger partial charge is 0.295 e. The molecule has 0 saturated carbocycles. The number of ether oxygens (including phenoxy) is 4. The topological polar surface area (TPSA) is 117 Å². The molecule has 1 saturated heterocycles. The van der Waals surface area contributed by atoms with Crippen molar-refractivity contribution in [2.45, 2.75) is 52.1 Å². The Kier molecular flexibility index (Phi) is 9.31. The zero-order chi connectivity index (χ0) is 29.5. The van der Waals surface area contributed by atoms with Crippen LogP contribution in [0.5, 0.6) is 23.0 Å². The fourth-order valence-corrected chi connectivity index (χ4v) is 5.29. The summed E-state index contributed by atoms with van der Waals surface area (Å²) in [6.07, 6.45) is 9.18. The van der Waals surface area contributed by atoms with Gasteiger partial charge in [-0.05, 0) is 48.7 Å². The lowest BCUT2D eigenvalue weighted by Gasteiger charge is -2.28. The van der Waals surface area contributed by atoms with Gasteiger partial charge in [0, 0.05) is 18.5 Å². The zero-order valence-electron chi connectivity index (χ0n) is 24.1. The van der Waals surface area contributed by atoms with Crippen molar-refractivity contribution in [2.75, 3.05) is 33.0 Å². The number of carbonyl (C=O) groups is 2. The van der Waals surface area contributed by atoms with E-state index < -0.39 is 23.5 Å². The molecule has 1 atom stereocenters. The number of aromatic nitrogens is 2. The quantitative estimate of drug-likeness (QED) is 0.109. The summed E-state index contributed by atoms with van der Waals surface area (Å²) in [6, 6.07) is 9.32. The highest BCUT2D eigenvalue weighted by atomic mass is 16.6. The van der Waals surface area contributed by atoms with Gasteiger partial charge in [-0.3, -0.25) is 14.6 Å². The molecule has 1 fully saturated rings. The van der Waals surface area contributed by atoms with Crippen molar-refractivity contribution in [1.29, 1.82) is 0 Å². The number of hydrogen-bond acceptors (Lipinski definition) is 7. The molecule has 0 bridgehead atoms. The Balaban J connectivity index is 1.53. The van der Waals surface area contributed by atoms with E-state index in [9.17, 15) is 14.7 Å². The molecule has 10 nitrogen and oxygen atoms in total. The highest BCUT2D eigenvalue weighted by Gasteiger charge is 2.44. The maximum atomic E-state index is 14.0. The minimum Gasteiger partial charge on any atom is -0.872 e. The molecule has 1 N–H and O–H groups in total. The maximum absolute atomic E-state index is 14.0. The first-order valence-corrected chi connectivity index (χ1v) is 14.6. The first-order chi connectivity index (χ1) is 20.5. The van der Waals surface area contributed by atoms with Crippen LogP contribution in [0.2, 0.25) is 0 Å². The number of benzene rings is 2. The summed E-state index contributed by atoms with van der Waals surface area (Å²) in [6.45, 7) is 6.67. The lowest BCUT2D eigenvalue weighted by molar-refractivity contribution is -0.695. The fraction of sp³-hybridized carbons (Fsp3) is 0.406. The number of rotatable bonds is 13. The van der Waals surface area contributed by atoms with Gasteiger partial charge in [-0.1, -0.05) is 37.7 Å². The average Bonchev–Trinajstić information content (AvgIpc) is 3.62. The number of fused-ring (bicyclic) bond motifs is 1. The van der Waals surface area contributed by atoms with E-state index in [0.717, 1.165) is 19.3 Å². The molecule has 2 aliphatic heterocycles. The predicted octanol–water partition coefficient (Wildman–Crippen LogP) is 3.36. The van der Waals surface area contributed by atoms with Gasteiger partial charge >= 0.3 is 0 Å². The third kappa shape index (κ3) is 6.22. The first-order valence-electron chi connectivity index (χ1n) is 14.6. The molecule has 1 unspecified atom stereocenters. The van der Waals surface area contributed by atoms with Gasteiger partial charge in [0.25, 0.3) is 5.91 Å². The number of nitrogens with one attached hydrogen (secondary N) is 1. The van der Waals surface area contributed by atoms with E-state index in [0.29, 0.717) is 68.0 Å². The van der Waals surface area contributed by atoms with E-state index in [2.05, 4.69) is 11.9 Å². The molecule has 0 spiro atoms. The van der Waals surface area contributed by atoms with E-state index in [4.69, 9.17) is 18.9 Å². The second-order valence-electron chi connectivity index (χ2n) is 10.2. The number of ketones is 1. The number of H-pyrrole nitrogens is 1. The van der Waals surface area contributed by atoms with Crippen LogP contribution in [-0.4, -0.2) is 54.5 Å². The number of imidazole rings is 1. The van der Waals surface area contributed by atoms with Gasteiger partial charge in [0.1, 0.15) is 25.6 Å². The molecule has 0 aliphatic carbocycles. The molecule has 3 aromatic rings. The Morgan fingerprint density at radius 3 is 2.62 bits per heavy atom. The van der Waals surface area contributed by atoms with Crippen LogP contribution in [0.15, 0.2) is 60.7 Å². The van der Waals surface area contributed by atoms with Gasteiger partial charge in [-0.15, -0.1) is 0 Å². The van der Waals surface area contributed by atoms with Gasteiger partial charge in [-0.25, -0.2) is 4.57 Å². The number of amides is 1. The average molecular weight is 576 g/mol.